The van der Waals surface area contributed by atoms with Crippen LogP contribution >= 0.6 is 15.9 Å². The first-order valence-corrected chi connectivity index (χ1v) is 7.60. The van der Waals surface area contributed by atoms with Crippen molar-refractivity contribution in [3.05, 3.63) is 82.3 Å². The van der Waals surface area contributed by atoms with Crippen molar-refractivity contribution in [3.8, 4) is 0 Å². The second-order valence-electron chi connectivity index (χ2n) is 4.78. The average Bonchev–Trinajstić information content (AvgIpc) is 2.56. The van der Waals surface area contributed by atoms with E-state index >= 15 is 0 Å². The molecule has 1 amide bonds. The molecule has 0 aliphatic heterocycles. The minimum absolute atomic E-state index is 0.217. The van der Waals surface area contributed by atoms with E-state index < -0.39 is 0 Å². The summed E-state index contributed by atoms with van der Waals surface area (Å²) >= 11 is 3.38. The van der Waals surface area contributed by atoms with Gasteiger partial charge in [0.25, 0.3) is 5.91 Å². The minimum atomic E-state index is -0.217. The van der Waals surface area contributed by atoms with Crippen LogP contribution in [0.5, 0.6) is 0 Å². The molecular formula is C18H13BrN2O. The summed E-state index contributed by atoms with van der Waals surface area (Å²) in [6.45, 7) is 0. The molecule has 3 aromatic rings. The lowest BCUT2D eigenvalue weighted by Gasteiger charge is -2.04. The van der Waals surface area contributed by atoms with E-state index in [1.54, 1.807) is 12.3 Å². The first-order valence-electron chi connectivity index (χ1n) is 6.81. The van der Waals surface area contributed by atoms with E-state index in [9.17, 15) is 4.79 Å². The van der Waals surface area contributed by atoms with E-state index in [-0.39, 0.29) is 5.91 Å². The van der Waals surface area contributed by atoms with Gasteiger partial charge in [-0.2, -0.15) is 5.10 Å². The van der Waals surface area contributed by atoms with Crippen molar-refractivity contribution in [1.29, 1.82) is 0 Å². The number of fused-ring (bicyclic) bond motifs is 1. The number of nitrogens with one attached hydrogen (secondary N) is 1. The molecule has 1 N–H and O–H groups in total. The highest BCUT2D eigenvalue weighted by atomic mass is 79.9. The molecule has 3 rings (SSSR count). The summed E-state index contributed by atoms with van der Waals surface area (Å²) in [5.41, 5.74) is 4.11. The van der Waals surface area contributed by atoms with E-state index in [0.717, 1.165) is 20.8 Å². The molecule has 108 valence electrons. The molecule has 0 radical (unpaired) electrons. The molecule has 0 saturated carbocycles. The quantitative estimate of drug-likeness (QED) is 0.552. The fraction of sp³-hybridized carbons (Fsp3) is 0. The molecule has 0 bridgehead atoms. The Morgan fingerprint density at radius 2 is 1.68 bits per heavy atom. The van der Waals surface area contributed by atoms with Crippen molar-refractivity contribution in [3.63, 3.8) is 0 Å². The summed E-state index contributed by atoms with van der Waals surface area (Å²) in [5.74, 6) is -0.217. The van der Waals surface area contributed by atoms with Crippen LogP contribution in [-0.4, -0.2) is 12.1 Å². The zero-order valence-electron chi connectivity index (χ0n) is 11.7. The first-order chi connectivity index (χ1) is 10.7. The van der Waals surface area contributed by atoms with E-state index in [2.05, 4.69) is 26.5 Å². The number of halogens is 1. The van der Waals surface area contributed by atoms with Gasteiger partial charge >= 0.3 is 0 Å². The number of amides is 1. The van der Waals surface area contributed by atoms with E-state index in [1.807, 2.05) is 60.7 Å². The molecule has 0 aromatic heterocycles. The van der Waals surface area contributed by atoms with Gasteiger partial charge in [0.1, 0.15) is 0 Å². The number of hydrogen-bond acceptors (Lipinski definition) is 2. The third-order valence-electron chi connectivity index (χ3n) is 3.28. The largest absolute Gasteiger partial charge is 0.271 e. The summed E-state index contributed by atoms with van der Waals surface area (Å²) < 4.78 is 1.00. The molecule has 0 aliphatic carbocycles. The topological polar surface area (TPSA) is 41.5 Å². The van der Waals surface area contributed by atoms with Crippen LogP contribution in [0.2, 0.25) is 0 Å². The van der Waals surface area contributed by atoms with Gasteiger partial charge < -0.3 is 0 Å². The number of carbonyl (C=O) groups excluding carboxylic acids is 1. The third-order valence-corrected chi connectivity index (χ3v) is 3.81. The van der Waals surface area contributed by atoms with Crippen LogP contribution in [0.4, 0.5) is 0 Å². The maximum absolute atomic E-state index is 12.3. The van der Waals surface area contributed by atoms with Crippen molar-refractivity contribution >= 4 is 38.8 Å². The van der Waals surface area contributed by atoms with Gasteiger partial charge in [-0.1, -0.05) is 64.5 Å². The predicted molar refractivity (Wildman–Crippen MR) is 93.2 cm³/mol. The Labute approximate surface area is 136 Å². The van der Waals surface area contributed by atoms with Gasteiger partial charge in [0.05, 0.1) is 6.21 Å². The molecule has 0 aliphatic rings. The average molecular weight is 353 g/mol. The molecule has 3 nitrogen and oxygen atoms in total. The fourth-order valence-electron chi connectivity index (χ4n) is 2.20. The summed E-state index contributed by atoms with van der Waals surface area (Å²) in [6, 6.07) is 21.1. The lowest BCUT2D eigenvalue weighted by Crippen LogP contribution is -2.17. The standard InChI is InChI=1S/C18H13BrN2O/c19-15-10-8-13(9-11-15)12-20-21-18(22)17-7-3-5-14-4-1-2-6-16(14)17/h1-12H,(H,21,22)/b20-12-. The van der Waals surface area contributed by atoms with Gasteiger partial charge in [0.2, 0.25) is 0 Å². The summed E-state index contributed by atoms with van der Waals surface area (Å²) in [5, 5.41) is 5.97. The van der Waals surface area contributed by atoms with Crippen LogP contribution in [0.1, 0.15) is 15.9 Å². The number of hydrazone groups is 1. The van der Waals surface area contributed by atoms with Crippen LogP contribution < -0.4 is 5.43 Å². The molecule has 4 heteroatoms. The first kappa shape index (κ1) is 14.5. The van der Waals surface area contributed by atoms with Crippen LogP contribution in [0.3, 0.4) is 0 Å². The molecule has 0 spiro atoms. The summed E-state index contributed by atoms with van der Waals surface area (Å²) in [4.78, 5) is 12.3. The molecule has 0 atom stereocenters. The van der Waals surface area contributed by atoms with Gasteiger partial charge in [0, 0.05) is 10.0 Å². The van der Waals surface area contributed by atoms with Crippen molar-refractivity contribution in [2.75, 3.05) is 0 Å². The Bertz CT molecular complexity index is 836. The lowest BCUT2D eigenvalue weighted by molar-refractivity contribution is 0.0957. The summed E-state index contributed by atoms with van der Waals surface area (Å²) in [6.07, 6.45) is 1.62. The van der Waals surface area contributed by atoms with Crippen LogP contribution in [-0.2, 0) is 0 Å². The number of carbonyl (C=O) groups is 1. The van der Waals surface area contributed by atoms with Gasteiger partial charge in [-0.15, -0.1) is 0 Å². The Hall–Kier alpha value is -2.46. The number of nitrogens with zero attached hydrogens (tertiary/aromatic N) is 1. The molecule has 0 saturated heterocycles. The molecule has 0 unspecified atom stereocenters. The predicted octanol–water partition coefficient (Wildman–Crippen LogP) is 4.37. The summed E-state index contributed by atoms with van der Waals surface area (Å²) in [7, 11) is 0. The van der Waals surface area contributed by atoms with Crippen molar-refractivity contribution < 1.29 is 4.79 Å². The van der Waals surface area contributed by atoms with Gasteiger partial charge in [-0.25, -0.2) is 5.43 Å². The van der Waals surface area contributed by atoms with Crippen LogP contribution in [0, 0.1) is 0 Å². The molecule has 0 heterocycles. The highest BCUT2D eigenvalue weighted by molar-refractivity contribution is 9.10. The maximum atomic E-state index is 12.3. The second kappa shape index (κ2) is 6.54. The van der Waals surface area contributed by atoms with Gasteiger partial charge in [0.15, 0.2) is 0 Å². The normalized spacial score (nSPS) is 11.0. The zero-order valence-corrected chi connectivity index (χ0v) is 13.2. The number of rotatable bonds is 3. The van der Waals surface area contributed by atoms with Crippen molar-refractivity contribution in [2.24, 2.45) is 5.10 Å². The molecular weight excluding hydrogens is 340 g/mol. The van der Waals surface area contributed by atoms with Crippen LogP contribution in [0.15, 0.2) is 76.3 Å². The molecule has 0 fully saturated rings. The monoisotopic (exact) mass is 352 g/mol. The third kappa shape index (κ3) is 3.23. The lowest BCUT2D eigenvalue weighted by atomic mass is 10.0. The number of benzene rings is 3. The molecule has 3 aromatic carbocycles. The smallest absolute Gasteiger partial charge is 0.267 e. The van der Waals surface area contributed by atoms with Gasteiger partial charge in [-0.3, -0.25) is 4.79 Å². The van der Waals surface area contributed by atoms with Crippen molar-refractivity contribution in [1.82, 2.24) is 5.43 Å². The maximum Gasteiger partial charge on any atom is 0.271 e. The Morgan fingerprint density at radius 1 is 0.955 bits per heavy atom. The Balaban J connectivity index is 1.77. The van der Waals surface area contributed by atoms with E-state index in [1.165, 1.54) is 0 Å². The van der Waals surface area contributed by atoms with Crippen molar-refractivity contribution in [2.45, 2.75) is 0 Å². The Morgan fingerprint density at radius 3 is 2.50 bits per heavy atom. The second-order valence-corrected chi connectivity index (χ2v) is 5.69. The van der Waals surface area contributed by atoms with Crippen LogP contribution in [0.25, 0.3) is 10.8 Å². The highest BCUT2D eigenvalue weighted by Gasteiger charge is 2.08. The number of hydrogen-bond donors (Lipinski definition) is 1. The Kier molecular flexibility index (Phi) is 4.30. The zero-order chi connectivity index (χ0) is 15.4. The minimum Gasteiger partial charge on any atom is -0.267 e. The highest BCUT2D eigenvalue weighted by Crippen LogP contribution is 2.18. The van der Waals surface area contributed by atoms with Gasteiger partial charge in [-0.05, 0) is 34.5 Å². The SMILES string of the molecule is O=C(N/N=C\c1ccc(Br)cc1)c1cccc2ccccc12. The fourth-order valence-corrected chi connectivity index (χ4v) is 2.46. The van der Waals surface area contributed by atoms with E-state index in [0.29, 0.717) is 5.56 Å². The molecule has 22 heavy (non-hydrogen) atoms. The van der Waals surface area contributed by atoms with E-state index in [4.69, 9.17) is 0 Å².